The Hall–Kier alpha value is -4.06. The zero-order valence-corrected chi connectivity index (χ0v) is 24.9. The van der Waals surface area contributed by atoms with Crippen LogP contribution in [0.3, 0.4) is 0 Å². The fourth-order valence-electron chi connectivity index (χ4n) is 5.18. The number of amides is 1. The average molecular weight is 635 g/mol. The van der Waals surface area contributed by atoms with Gasteiger partial charge in [0.2, 0.25) is 0 Å². The van der Waals surface area contributed by atoms with Gasteiger partial charge in [0.15, 0.2) is 11.4 Å². The molecule has 0 radical (unpaired) electrons. The van der Waals surface area contributed by atoms with E-state index in [0.29, 0.717) is 36.3 Å². The van der Waals surface area contributed by atoms with Crippen LogP contribution in [-0.2, 0) is 29.9 Å². The summed E-state index contributed by atoms with van der Waals surface area (Å²) in [5.74, 6) is -0.656. The third-order valence-corrected chi connectivity index (χ3v) is 7.97. The predicted molar refractivity (Wildman–Crippen MR) is 162 cm³/mol. The Kier molecular flexibility index (Phi) is 8.72. The van der Waals surface area contributed by atoms with Crippen LogP contribution in [0.15, 0.2) is 88.4 Å². The van der Waals surface area contributed by atoms with Crippen LogP contribution in [0, 0.1) is 5.92 Å². The molecule has 2 aromatic heterocycles. The molecule has 1 aliphatic heterocycles. The minimum atomic E-state index is -1.75. The number of methoxy groups -OCH3 is 1. The Bertz CT molecular complexity index is 1660. The molecule has 0 fully saturated rings. The molecule has 11 heteroatoms. The van der Waals surface area contributed by atoms with Gasteiger partial charge < -0.3 is 19.8 Å². The van der Waals surface area contributed by atoms with E-state index in [2.05, 4.69) is 26.2 Å². The summed E-state index contributed by atoms with van der Waals surface area (Å²) in [5, 5.41) is 29.1. The van der Waals surface area contributed by atoms with Crippen LogP contribution in [0.4, 0.5) is 5.69 Å². The van der Waals surface area contributed by atoms with Crippen LogP contribution in [0.1, 0.15) is 30.2 Å². The number of ether oxygens (including phenoxy) is 1. The highest BCUT2D eigenvalue weighted by atomic mass is 79.9. The number of pyridine rings is 1. The van der Waals surface area contributed by atoms with Gasteiger partial charge in [0, 0.05) is 53.6 Å². The topological polar surface area (TPSA) is 123 Å². The summed E-state index contributed by atoms with van der Waals surface area (Å²) in [4.78, 5) is 28.1. The molecule has 2 atom stereocenters. The van der Waals surface area contributed by atoms with Gasteiger partial charge in [-0.2, -0.15) is 0 Å². The van der Waals surface area contributed by atoms with E-state index in [1.54, 1.807) is 40.2 Å². The van der Waals surface area contributed by atoms with E-state index >= 15 is 0 Å². The standard InChI is InChI=1S/C31H32BrN5O5/c1-21(6-3-4-15-35-20-24(14-17-38)33-34-35)31(41)26-18-23(32)10-13-27(26)37(30(31)40)19-22-8-11-25(12-9-22)36-16-5-7-28(42-2)29(36)39/h3,5-13,16,18,20-21,38,41H,4,14-15,17,19H2,1-2H3/b6-3+/t21-,31+/m0/s1. The van der Waals surface area contributed by atoms with Gasteiger partial charge in [-0.1, -0.05) is 52.4 Å². The van der Waals surface area contributed by atoms with Gasteiger partial charge in [0.25, 0.3) is 11.5 Å². The van der Waals surface area contributed by atoms with Crippen molar-refractivity contribution >= 4 is 27.5 Å². The lowest BCUT2D eigenvalue weighted by Gasteiger charge is -2.27. The van der Waals surface area contributed by atoms with Crippen LogP contribution < -0.4 is 15.2 Å². The van der Waals surface area contributed by atoms with Crippen molar-refractivity contribution in [3.8, 4) is 11.4 Å². The Labute approximate surface area is 251 Å². The van der Waals surface area contributed by atoms with Crippen LogP contribution in [0.2, 0.25) is 0 Å². The molecule has 3 heterocycles. The Morgan fingerprint density at radius 3 is 2.67 bits per heavy atom. The highest BCUT2D eigenvalue weighted by Gasteiger charge is 2.52. The van der Waals surface area contributed by atoms with E-state index in [4.69, 9.17) is 9.84 Å². The number of anilines is 1. The molecule has 0 aliphatic carbocycles. The molecule has 0 bridgehead atoms. The highest BCUT2D eigenvalue weighted by Crippen LogP contribution is 2.46. The number of benzene rings is 2. The molecule has 2 N–H and O–H groups in total. The molecular weight excluding hydrogens is 602 g/mol. The van der Waals surface area contributed by atoms with Crippen molar-refractivity contribution in [3.63, 3.8) is 0 Å². The zero-order chi connectivity index (χ0) is 29.9. The molecule has 0 spiro atoms. The molecule has 4 aromatic rings. The van der Waals surface area contributed by atoms with Crippen molar-refractivity contribution in [1.82, 2.24) is 19.6 Å². The van der Waals surface area contributed by atoms with Crippen molar-refractivity contribution in [3.05, 3.63) is 111 Å². The van der Waals surface area contributed by atoms with Gasteiger partial charge in [-0.25, -0.2) is 0 Å². The maximum atomic E-state index is 13.9. The molecule has 10 nitrogen and oxygen atoms in total. The Morgan fingerprint density at radius 2 is 1.93 bits per heavy atom. The molecule has 2 aromatic carbocycles. The van der Waals surface area contributed by atoms with Crippen molar-refractivity contribution in [2.45, 2.75) is 38.5 Å². The summed E-state index contributed by atoms with van der Waals surface area (Å²) >= 11 is 3.49. The van der Waals surface area contributed by atoms with E-state index in [1.807, 2.05) is 55.5 Å². The molecular formula is C31H32BrN5O5. The quantitative estimate of drug-likeness (QED) is 0.241. The van der Waals surface area contributed by atoms with Gasteiger partial charge >= 0.3 is 0 Å². The molecule has 218 valence electrons. The van der Waals surface area contributed by atoms with Gasteiger partial charge in [0.05, 0.1) is 25.0 Å². The van der Waals surface area contributed by atoms with Crippen LogP contribution in [0.5, 0.6) is 5.75 Å². The lowest BCUT2D eigenvalue weighted by Crippen LogP contribution is -2.44. The number of carbonyl (C=O) groups excluding carboxylic acids is 1. The number of halogens is 1. The third kappa shape index (κ3) is 5.67. The number of nitrogens with zero attached hydrogens (tertiary/aromatic N) is 5. The number of aromatic nitrogens is 4. The van der Waals surface area contributed by atoms with Gasteiger partial charge in [0.1, 0.15) is 0 Å². The number of aliphatic hydroxyl groups is 2. The van der Waals surface area contributed by atoms with Crippen LogP contribution in [-0.4, -0.2) is 49.4 Å². The fraction of sp³-hybridized carbons (Fsp3) is 0.290. The molecule has 42 heavy (non-hydrogen) atoms. The SMILES string of the molecule is COc1cccn(-c2ccc(CN3C(=O)[C@@](O)([C@@H](C)/C=C/CCn4cc(CCO)nn4)c4cc(Br)ccc43)cc2)c1=O. The summed E-state index contributed by atoms with van der Waals surface area (Å²) in [6, 6.07) is 16.2. The number of fused-ring (bicyclic) bond motifs is 1. The first-order valence-electron chi connectivity index (χ1n) is 13.6. The Morgan fingerprint density at radius 1 is 1.14 bits per heavy atom. The molecule has 0 unspecified atom stereocenters. The number of carbonyl (C=O) groups is 1. The summed E-state index contributed by atoms with van der Waals surface area (Å²) in [6.07, 6.45) is 8.36. The predicted octanol–water partition coefficient (Wildman–Crippen LogP) is 3.75. The normalized spacial score (nSPS) is 17.2. The second kappa shape index (κ2) is 12.4. The van der Waals surface area contributed by atoms with Crippen molar-refractivity contribution < 1.29 is 19.7 Å². The molecule has 0 saturated heterocycles. The molecule has 1 amide bonds. The third-order valence-electron chi connectivity index (χ3n) is 7.48. The first-order chi connectivity index (χ1) is 20.3. The van der Waals surface area contributed by atoms with Crippen molar-refractivity contribution in [2.24, 2.45) is 5.92 Å². The first kappa shape index (κ1) is 29.4. The Balaban J connectivity index is 1.34. The summed E-state index contributed by atoms with van der Waals surface area (Å²) in [7, 11) is 1.46. The number of aryl methyl sites for hydroxylation is 1. The minimum absolute atomic E-state index is 0.0211. The monoisotopic (exact) mass is 633 g/mol. The molecule has 1 aliphatic rings. The smallest absolute Gasteiger partial charge is 0.297 e. The number of hydrogen-bond donors (Lipinski definition) is 2. The fourth-order valence-corrected chi connectivity index (χ4v) is 5.54. The van der Waals surface area contributed by atoms with E-state index in [1.165, 1.54) is 11.7 Å². The van der Waals surface area contributed by atoms with Crippen molar-refractivity contribution in [1.29, 1.82) is 0 Å². The lowest BCUT2D eigenvalue weighted by molar-refractivity contribution is -0.139. The number of hydrogen-bond acceptors (Lipinski definition) is 7. The van der Waals surface area contributed by atoms with E-state index in [0.717, 1.165) is 15.7 Å². The minimum Gasteiger partial charge on any atom is -0.491 e. The highest BCUT2D eigenvalue weighted by molar-refractivity contribution is 9.10. The lowest BCUT2D eigenvalue weighted by atomic mass is 9.83. The maximum Gasteiger partial charge on any atom is 0.297 e. The molecule has 0 saturated carbocycles. The largest absolute Gasteiger partial charge is 0.491 e. The number of aliphatic hydroxyl groups excluding tert-OH is 1. The first-order valence-corrected chi connectivity index (χ1v) is 14.4. The number of allylic oxidation sites excluding steroid dienone is 1. The van der Waals surface area contributed by atoms with Crippen LogP contribution in [0.25, 0.3) is 5.69 Å². The van der Waals surface area contributed by atoms with E-state index in [-0.39, 0.29) is 24.5 Å². The second-order valence-electron chi connectivity index (χ2n) is 10.2. The maximum absolute atomic E-state index is 13.9. The summed E-state index contributed by atoms with van der Waals surface area (Å²) < 4.78 is 9.12. The van der Waals surface area contributed by atoms with Gasteiger partial charge in [-0.05, 0) is 54.4 Å². The average Bonchev–Trinajstić information content (AvgIpc) is 3.52. The van der Waals surface area contributed by atoms with Gasteiger partial charge in [-0.15, -0.1) is 5.10 Å². The summed E-state index contributed by atoms with van der Waals surface area (Å²) in [5.41, 5.74) is 1.43. The zero-order valence-electron chi connectivity index (χ0n) is 23.4. The van der Waals surface area contributed by atoms with Crippen molar-refractivity contribution in [2.75, 3.05) is 18.6 Å². The van der Waals surface area contributed by atoms with E-state index in [9.17, 15) is 14.7 Å². The summed E-state index contributed by atoms with van der Waals surface area (Å²) in [6.45, 7) is 2.69. The van der Waals surface area contributed by atoms with E-state index < -0.39 is 17.4 Å². The second-order valence-corrected chi connectivity index (χ2v) is 11.1. The number of rotatable bonds is 11. The van der Waals surface area contributed by atoms with Gasteiger partial charge in [-0.3, -0.25) is 18.8 Å². The molecule has 5 rings (SSSR count). The van der Waals surface area contributed by atoms with Crippen LogP contribution >= 0.6 is 15.9 Å².